The number of rotatable bonds is 2. The summed E-state index contributed by atoms with van der Waals surface area (Å²) >= 11 is 0. The van der Waals surface area contributed by atoms with Gasteiger partial charge in [-0.05, 0) is 52.9 Å². The second kappa shape index (κ2) is 5.43. The highest BCUT2D eigenvalue weighted by molar-refractivity contribution is 5.92. The highest BCUT2D eigenvalue weighted by atomic mass is 16.5. The van der Waals surface area contributed by atoms with Crippen LogP contribution in [0.15, 0.2) is 29.3 Å². The van der Waals surface area contributed by atoms with Gasteiger partial charge in [0.15, 0.2) is 0 Å². The number of hydrogen-bond donors (Lipinski definition) is 2. The van der Waals surface area contributed by atoms with Gasteiger partial charge in [-0.2, -0.15) is 0 Å². The number of carbonyl (C=O) groups is 1. The van der Waals surface area contributed by atoms with Gasteiger partial charge in [0.1, 0.15) is 6.61 Å². The lowest BCUT2D eigenvalue weighted by Crippen LogP contribution is -2.42. The van der Waals surface area contributed by atoms with E-state index in [1.54, 1.807) is 0 Å². The fourth-order valence-corrected chi connectivity index (χ4v) is 4.83. The van der Waals surface area contributed by atoms with E-state index in [0.29, 0.717) is 13.0 Å². The van der Waals surface area contributed by atoms with E-state index in [1.807, 2.05) is 6.92 Å². The van der Waals surface area contributed by atoms with Gasteiger partial charge in [-0.15, -0.1) is 0 Å². The molecular formula is C20H24O4. The highest BCUT2D eigenvalue weighted by Crippen LogP contribution is 2.55. The van der Waals surface area contributed by atoms with Crippen molar-refractivity contribution in [3.63, 3.8) is 0 Å². The van der Waals surface area contributed by atoms with E-state index < -0.39 is 6.10 Å². The first kappa shape index (κ1) is 15.9. The van der Waals surface area contributed by atoms with Gasteiger partial charge in [0.25, 0.3) is 0 Å². The van der Waals surface area contributed by atoms with E-state index in [4.69, 9.17) is 4.74 Å². The Morgan fingerprint density at radius 1 is 1.42 bits per heavy atom. The Labute approximate surface area is 142 Å². The van der Waals surface area contributed by atoms with E-state index in [2.05, 4.69) is 25.1 Å². The normalized spacial score (nSPS) is 32.8. The first-order valence-electron chi connectivity index (χ1n) is 8.78. The van der Waals surface area contributed by atoms with Crippen LogP contribution in [0.5, 0.6) is 0 Å². The largest absolute Gasteiger partial charge is 0.458 e. The Morgan fingerprint density at radius 2 is 2.21 bits per heavy atom. The molecule has 0 saturated carbocycles. The molecule has 1 aliphatic heterocycles. The Kier molecular flexibility index (Phi) is 3.59. The van der Waals surface area contributed by atoms with Crippen LogP contribution in [0, 0.1) is 5.92 Å². The summed E-state index contributed by atoms with van der Waals surface area (Å²) in [6, 6.07) is 6.25. The second-order valence-corrected chi connectivity index (χ2v) is 7.73. The van der Waals surface area contributed by atoms with Crippen molar-refractivity contribution in [3.8, 4) is 0 Å². The summed E-state index contributed by atoms with van der Waals surface area (Å²) in [6.45, 7) is 4.73. The zero-order valence-corrected chi connectivity index (χ0v) is 14.2. The topological polar surface area (TPSA) is 66.8 Å². The Hall–Kier alpha value is -1.65. The van der Waals surface area contributed by atoms with Crippen molar-refractivity contribution in [2.24, 2.45) is 5.92 Å². The van der Waals surface area contributed by atoms with Gasteiger partial charge in [-0.3, -0.25) is 0 Å². The number of benzene rings is 1. The molecule has 128 valence electrons. The van der Waals surface area contributed by atoms with Crippen molar-refractivity contribution in [3.05, 3.63) is 46.0 Å². The van der Waals surface area contributed by atoms with Crippen molar-refractivity contribution >= 4 is 5.97 Å². The standard InChI is InChI=1S/C20H24O4/c1-11(9-21)12-3-4-16-14(7-12)18(22)8-17-15-10-24-19(23)13(15)5-6-20(16,17)2/h3-4,7,11,17-18,21-22H,5-6,8-10H2,1-2H3/t11?,17-,18+,20+/m0/s1. The summed E-state index contributed by atoms with van der Waals surface area (Å²) in [7, 11) is 0. The van der Waals surface area contributed by atoms with E-state index in [0.717, 1.165) is 35.1 Å². The first-order valence-corrected chi connectivity index (χ1v) is 8.78. The molecule has 2 aliphatic carbocycles. The van der Waals surface area contributed by atoms with Crippen LogP contribution in [-0.4, -0.2) is 29.4 Å². The first-order chi connectivity index (χ1) is 11.5. The fourth-order valence-electron chi connectivity index (χ4n) is 4.83. The number of cyclic esters (lactones) is 1. The molecule has 4 nitrogen and oxygen atoms in total. The van der Waals surface area contributed by atoms with Gasteiger partial charge >= 0.3 is 5.97 Å². The number of aliphatic hydroxyl groups excluding tert-OH is 2. The second-order valence-electron chi connectivity index (χ2n) is 7.73. The average molecular weight is 328 g/mol. The maximum Gasteiger partial charge on any atom is 0.334 e. The maximum absolute atomic E-state index is 11.9. The van der Waals surface area contributed by atoms with Crippen molar-refractivity contribution in [1.82, 2.24) is 0 Å². The maximum atomic E-state index is 11.9. The summed E-state index contributed by atoms with van der Waals surface area (Å²) in [6.07, 6.45) is 1.76. The Morgan fingerprint density at radius 3 is 2.96 bits per heavy atom. The number of ether oxygens (including phenoxy) is 1. The molecule has 0 amide bonds. The van der Waals surface area contributed by atoms with Crippen LogP contribution in [0.1, 0.15) is 61.8 Å². The molecule has 0 aromatic heterocycles. The van der Waals surface area contributed by atoms with Crippen LogP contribution in [0.3, 0.4) is 0 Å². The molecule has 0 radical (unpaired) electrons. The van der Waals surface area contributed by atoms with Gasteiger partial charge < -0.3 is 14.9 Å². The van der Waals surface area contributed by atoms with E-state index in [1.165, 1.54) is 5.56 Å². The van der Waals surface area contributed by atoms with Crippen LogP contribution in [0.25, 0.3) is 0 Å². The molecule has 1 aromatic rings. The Balaban J connectivity index is 1.81. The molecule has 1 unspecified atom stereocenters. The van der Waals surface area contributed by atoms with Crippen LogP contribution in [0.2, 0.25) is 0 Å². The minimum absolute atomic E-state index is 0.0644. The van der Waals surface area contributed by atoms with E-state index in [9.17, 15) is 15.0 Å². The summed E-state index contributed by atoms with van der Waals surface area (Å²) in [5.74, 6) is 0.0605. The third-order valence-corrected chi connectivity index (χ3v) is 6.43. The molecule has 3 aliphatic rings. The van der Waals surface area contributed by atoms with Crippen molar-refractivity contribution < 1.29 is 19.7 Å². The number of esters is 1. The molecule has 24 heavy (non-hydrogen) atoms. The van der Waals surface area contributed by atoms with Crippen LogP contribution in [0.4, 0.5) is 0 Å². The average Bonchev–Trinajstić information content (AvgIpc) is 2.96. The van der Waals surface area contributed by atoms with Crippen molar-refractivity contribution in [2.45, 2.75) is 50.5 Å². The van der Waals surface area contributed by atoms with Gasteiger partial charge in [0, 0.05) is 18.1 Å². The molecule has 0 bridgehead atoms. The molecule has 4 rings (SSSR count). The third kappa shape index (κ3) is 2.09. The van der Waals surface area contributed by atoms with Gasteiger partial charge in [0.05, 0.1) is 6.10 Å². The minimum atomic E-state index is -0.536. The van der Waals surface area contributed by atoms with Crippen molar-refractivity contribution in [1.29, 1.82) is 0 Å². The number of fused-ring (bicyclic) bond motifs is 4. The van der Waals surface area contributed by atoms with E-state index >= 15 is 0 Å². The molecule has 4 atom stereocenters. The quantitative estimate of drug-likeness (QED) is 0.819. The number of carbonyl (C=O) groups excluding carboxylic acids is 1. The van der Waals surface area contributed by atoms with Crippen LogP contribution < -0.4 is 0 Å². The Bertz CT molecular complexity index is 735. The molecule has 1 aromatic carbocycles. The molecular weight excluding hydrogens is 304 g/mol. The predicted molar refractivity (Wildman–Crippen MR) is 89.6 cm³/mol. The third-order valence-electron chi connectivity index (χ3n) is 6.43. The minimum Gasteiger partial charge on any atom is -0.458 e. The number of aliphatic hydroxyl groups is 2. The smallest absolute Gasteiger partial charge is 0.334 e. The lowest BCUT2D eigenvalue weighted by atomic mass is 9.56. The molecule has 1 heterocycles. The summed E-state index contributed by atoms with van der Waals surface area (Å²) in [4.78, 5) is 11.9. The zero-order chi connectivity index (χ0) is 17.1. The molecule has 0 fully saturated rings. The van der Waals surface area contributed by atoms with Crippen LogP contribution in [-0.2, 0) is 14.9 Å². The summed E-state index contributed by atoms with van der Waals surface area (Å²) in [5.41, 5.74) is 5.12. The molecule has 2 N–H and O–H groups in total. The molecule has 0 saturated heterocycles. The predicted octanol–water partition coefficient (Wildman–Crippen LogP) is 2.74. The lowest BCUT2D eigenvalue weighted by Gasteiger charge is -2.48. The molecule has 0 spiro atoms. The SMILES string of the molecule is CC(CO)c1ccc2c(c1)[C@H](O)C[C@H]1C3=C(CC[C@]21C)C(=O)OC3. The fraction of sp³-hybridized carbons (Fsp3) is 0.550. The monoisotopic (exact) mass is 328 g/mol. The molecule has 4 heteroatoms. The highest BCUT2D eigenvalue weighted by Gasteiger charge is 2.50. The van der Waals surface area contributed by atoms with Crippen molar-refractivity contribution in [2.75, 3.05) is 13.2 Å². The van der Waals surface area contributed by atoms with Gasteiger partial charge in [-0.1, -0.05) is 32.0 Å². The van der Waals surface area contributed by atoms with Gasteiger partial charge in [0.2, 0.25) is 0 Å². The summed E-state index contributed by atoms with van der Waals surface area (Å²) < 4.78 is 5.26. The zero-order valence-electron chi connectivity index (χ0n) is 14.2. The van der Waals surface area contributed by atoms with Crippen LogP contribution >= 0.6 is 0 Å². The van der Waals surface area contributed by atoms with Gasteiger partial charge in [-0.25, -0.2) is 4.79 Å². The van der Waals surface area contributed by atoms with E-state index in [-0.39, 0.29) is 29.8 Å². The lowest BCUT2D eigenvalue weighted by molar-refractivity contribution is -0.136. The summed E-state index contributed by atoms with van der Waals surface area (Å²) in [5, 5.41) is 20.2. The number of hydrogen-bond acceptors (Lipinski definition) is 4.